The molecule has 0 aliphatic rings. The van der Waals surface area contributed by atoms with E-state index in [0.717, 1.165) is 102 Å². The van der Waals surface area contributed by atoms with Crippen molar-refractivity contribution in [3.8, 4) is 0 Å². The van der Waals surface area contributed by atoms with Crippen LogP contribution in [-0.4, -0.2) is 96.7 Å². The average Bonchev–Trinajstić information content (AvgIpc) is 0.899. The fraction of sp³-hybridized carbons (Fsp3) is 0.955. The van der Waals surface area contributed by atoms with Gasteiger partial charge in [-0.2, -0.15) is 0 Å². The highest BCUT2D eigenvalue weighted by Crippen LogP contribution is 2.45. The summed E-state index contributed by atoms with van der Waals surface area (Å²) < 4.78 is 68.9. The van der Waals surface area contributed by atoms with Crippen LogP contribution in [0.3, 0.4) is 0 Å². The van der Waals surface area contributed by atoms with E-state index in [1.165, 1.54) is 289 Å². The minimum absolute atomic E-state index is 0.106. The molecule has 0 bridgehead atoms. The van der Waals surface area contributed by atoms with E-state index in [9.17, 15) is 43.2 Å². The number of unbranched alkanes of at least 4 members (excludes halogenated alkanes) is 58. The highest BCUT2D eigenvalue weighted by molar-refractivity contribution is 7.47. The zero-order valence-corrected chi connectivity index (χ0v) is 73.0. The van der Waals surface area contributed by atoms with Crippen LogP contribution in [0.2, 0.25) is 0 Å². The molecule has 108 heavy (non-hydrogen) atoms. The molecule has 0 amide bonds. The molecule has 0 spiro atoms. The van der Waals surface area contributed by atoms with Gasteiger partial charge in [0.1, 0.15) is 19.3 Å². The van der Waals surface area contributed by atoms with Crippen molar-refractivity contribution in [1.82, 2.24) is 0 Å². The second-order valence-electron chi connectivity index (χ2n) is 32.9. The molecule has 0 saturated carbocycles. The van der Waals surface area contributed by atoms with Gasteiger partial charge in [0.15, 0.2) is 12.2 Å². The van der Waals surface area contributed by atoms with Crippen molar-refractivity contribution in [1.29, 1.82) is 0 Å². The van der Waals surface area contributed by atoms with Crippen LogP contribution in [-0.2, 0) is 65.4 Å². The van der Waals surface area contributed by atoms with Gasteiger partial charge in [0.25, 0.3) is 0 Å². The van der Waals surface area contributed by atoms with Gasteiger partial charge in [-0.15, -0.1) is 0 Å². The molecule has 0 aromatic heterocycles. The Bertz CT molecular complexity index is 2060. The average molecular weight is 1580 g/mol. The Hall–Kier alpha value is -1.94. The van der Waals surface area contributed by atoms with Gasteiger partial charge in [0, 0.05) is 25.7 Å². The lowest BCUT2D eigenvalue weighted by Gasteiger charge is -2.21. The smallest absolute Gasteiger partial charge is 0.462 e. The molecule has 642 valence electrons. The summed E-state index contributed by atoms with van der Waals surface area (Å²) in [6, 6.07) is 0. The predicted molar refractivity (Wildman–Crippen MR) is 446 cm³/mol. The molecule has 0 radical (unpaired) electrons. The maximum Gasteiger partial charge on any atom is 0.472 e. The van der Waals surface area contributed by atoms with Crippen molar-refractivity contribution >= 4 is 39.5 Å². The first-order chi connectivity index (χ1) is 52.4. The molecule has 0 fully saturated rings. The first-order valence-corrected chi connectivity index (χ1v) is 49.0. The van der Waals surface area contributed by atoms with E-state index in [0.29, 0.717) is 31.6 Å². The number of aliphatic hydroxyl groups is 1. The molecule has 0 saturated heterocycles. The Balaban J connectivity index is 5.20. The van der Waals surface area contributed by atoms with E-state index in [2.05, 4.69) is 41.5 Å². The Labute approximate surface area is 664 Å². The number of carbonyl (C=O) groups excluding carboxylic acids is 4. The summed E-state index contributed by atoms with van der Waals surface area (Å²) in [6.07, 6.45) is 74.0. The number of carbonyl (C=O) groups is 4. The van der Waals surface area contributed by atoms with Gasteiger partial charge in [-0.1, -0.05) is 427 Å². The second-order valence-corrected chi connectivity index (χ2v) is 35.8. The second kappa shape index (κ2) is 80.3. The molecule has 0 heterocycles. The van der Waals surface area contributed by atoms with Gasteiger partial charge in [-0.05, 0) is 37.5 Å². The Morgan fingerprint density at radius 3 is 0.630 bits per heavy atom. The number of hydrogen-bond donors (Lipinski definition) is 3. The van der Waals surface area contributed by atoms with E-state index in [-0.39, 0.29) is 25.7 Å². The fourth-order valence-electron chi connectivity index (χ4n) is 14.0. The van der Waals surface area contributed by atoms with Crippen molar-refractivity contribution in [2.75, 3.05) is 39.6 Å². The lowest BCUT2D eigenvalue weighted by atomic mass is 10.0. The monoisotopic (exact) mass is 1580 g/mol. The quantitative estimate of drug-likeness (QED) is 0.0222. The summed E-state index contributed by atoms with van der Waals surface area (Å²) in [5, 5.41) is 10.7. The topological polar surface area (TPSA) is 237 Å². The highest BCUT2D eigenvalue weighted by atomic mass is 31.2. The molecule has 19 heteroatoms. The van der Waals surface area contributed by atoms with Crippen LogP contribution >= 0.6 is 15.6 Å². The van der Waals surface area contributed by atoms with Gasteiger partial charge in [-0.3, -0.25) is 37.3 Å². The summed E-state index contributed by atoms with van der Waals surface area (Å²) in [7, 11) is -9.93. The minimum atomic E-state index is -4.97. The van der Waals surface area contributed by atoms with Crippen LogP contribution in [0.5, 0.6) is 0 Å². The number of hydrogen-bond acceptors (Lipinski definition) is 15. The van der Waals surface area contributed by atoms with Crippen LogP contribution in [0, 0.1) is 11.8 Å². The highest BCUT2D eigenvalue weighted by Gasteiger charge is 2.31. The molecule has 0 aliphatic heterocycles. The number of aliphatic hydroxyl groups excluding tert-OH is 1. The maximum atomic E-state index is 13.2. The van der Waals surface area contributed by atoms with Crippen LogP contribution in [0.4, 0.5) is 0 Å². The molecule has 3 N–H and O–H groups in total. The maximum absolute atomic E-state index is 13.2. The van der Waals surface area contributed by atoms with E-state index in [4.69, 9.17) is 37.0 Å². The van der Waals surface area contributed by atoms with Gasteiger partial charge < -0.3 is 33.8 Å². The molecule has 0 rings (SSSR count). The SMILES string of the molecule is CCCCCCCCCCCCCCCCCCCCCCCCC(=O)OC[C@H](COP(=O)(O)OC[C@@H](O)COP(=O)(O)OC[C@@H](COC(=O)CCCCCCCCCC(C)C)OC(=O)CCCCCCCCCCCCCC(C)C)OC(=O)CCCCCCCCCCCCCCCCCCCCCCCC. The summed E-state index contributed by atoms with van der Waals surface area (Å²) in [6.45, 7) is 9.62. The lowest BCUT2D eigenvalue weighted by Crippen LogP contribution is -2.30. The van der Waals surface area contributed by atoms with E-state index >= 15 is 0 Å². The minimum Gasteiger partial charge on any atom is -0.462 e. The zero-order chi connectivity index (χ0) is 79.2. The molecule has 0 aliphatic carbocycles. The molecule has 2 unspecified atom stereocenters. The molecule has 0 aromatic carbocycles. The van der Waals surface area contributed by atoms with Gasteiger partial charge >= 0.3 is 39.5 Å². The van der Waals surface area contributed by atoms with E-state index < -0.39 is 97.5 Å². The zero-order valence-electron chi connectivity index (χ0n) is 71.2. The van der Waals surface area contributed by atoms with Gasteiger partial charge in [0.05, 0.1) is 26.4 Å². The van der Waals surface area contributed by atoms with E-state index in [1.807, 2.05) is 0 Å². The fourth-order valence-corrected chi connectivity index (χ4v) is 15.5. The molecule has 0 aromatic rings. The first kappa shape index (κ1) is 106. The number of phosphoric acid groups is 2. The molecule has 5 atom stereocenters. The van der Waals surface area contributed by atoms with Gasteiger partial charge in [-0.25, -0.2) is 9.13 Å². The van der Waals surface area contributed by atoms with Crippen LogP contribution in [0.15, 0.2) is 0 Å². The van der Waals surface area contributed by atoms with E-state index in [1.54, 1.807) is 0 Å². The number of ether oxygens (including phenoxy) is 4. The summed E-state index contributed by atoms with van der Waals surface area (Å²) in [5.41, 5.74) is 0. The summed E-state index contributed by atoms with van der Waals surface area (Å²) in [4.78, 5) is 73.3. The molecular formula is C89H174O17P2. The van der Waals surface area contributed by atoms with Gasteiger partial charge in [0.2, 0.25) is 0 Å². The number of phosphoric ester groups is 2. The number of rotatable bonds is 88. The summed E-state index contributed by atoms with van der Waals surface area (Å²) in [5.74, 6) is -0.633. The predicted octanol–water partition coefficient (Wildman–Crippen LogP) is 27.4. The normalized spacial score (nSPS) is 13.8. The largest absolute Gasteiger partial charge is 0.472 e. The third-order valence-corrected chi connectivity index (χ3v) is 22.9. The molecular weight excluding hydrogens is 1400 g/mol. The Kier molecular flexibility index (Phi) is 78.8. The lowest BCUT2D eigenvalue weighted by molar-refractivity contribution is -0.161. The van der Waals surface area contributed by atoms with Crippen molar-refractivity contribution in [2.45, 2.75) is 496 Å². The van der Waals surface area contributed by atoms with Crippen molar-refractivity contribution < 1.29 is 80.2 Å². The first-order valence-electron chi connectivity index (χ1n) is 46.0. The van der Waals surface area contributed by atoms with Crippen molar-refractivity contribution in [3.05, 3.63) is 0 Å². The van der Waals surface area contributed by atoms with Crippen molar-refractivity contribution in [3.63, 3.8) is 0 Å². The molecule has 17 nitrogen and oxygen atoms in total. The third-order valence-electron chi connectivity index (χ3n) is 21.0. The van der Waals surface area contributed by atoms with Crippen molar-refractivity contribution in [2.24, 2.45) is 11.8 Å². The van der Waals surface area contributed by atoms with Crippen LogP contribution in [0.1, 0.15) is 478 Å². The standard InChI is InChI=1S/C89H174O17P2/c1-7-9-11-13-15-17-19-21-23-25-27-29-31-33-35-37-39-43-47-53-59-65-71-86(91)99-77-84(105-88(93)73-67-61-54-48-44-40-38-36-34-32-30-28-26-24-22-20-18-16-14-12-10-8-2)79-103-107(95,96)101-75-83(90)76-102-108(97,98)104-80-85(78-100-87(92)72-66-60-56-50-52-58-64-70-82(5)6)106-89(94)74-68-62-55-49-45-41-42-46-51-57-63-69-81(3)4/h81-85,90H,7-80H2,1-6H3,(H,95,96)(H,97,98)/t83-,84-,85-/m1/s1. The van der Waals surface area contributed by atoms with Crippen LogP contribution < -0.4 is 0 Å². The summed E-state index contributed by atoms with van der Waals surface area (Å²) >= 11 is 0. The Morgan fingerprint density at radius 2 is 0.426 bits per heavy atom. The number of esters is 4. The third kappa shape index (κ3) is 82.1. The Morgan fingerprint density at radius 1 is 0.250 bits per heavy atom. The van der Waals surface area contributed by atoms with Crippen LogP contribution in [0.25, 0.3) is 0 Å².